The minimum absolute atomic E-state index is 0.0101. The van der Waals surface area contributed by atoms with E-state index in [1.165, 1.54) is 38.5 Å². The zero-order chi connectivity index (χ0) is 35.7. The number of Topliss-reactive ketones (excluding diaryl/α,β-unsaturated/α-hetero) is 1. The lowest BCUT2D eigenvalue weighted by Crippen LogP contribution is -2.63. The molecule has 0 bridgehead atoms. The number of halogens is 1. The van der Waals surface area contributed by atoms with Crippen LogP contribution in [-0.4, -0.2) is 72.5 Å². The number of ketones is 1. The van der Waals surface area contributed by atoms with Crippen LogP contribution in [0, 0.1) is 5.92 Å². The number of hydrogen-bond donors (Lipinski definition) is 1. The quantitative estimate of drug-likeness (QED) is 0.202. The number of amides is 2. The van der Waals surface area contributed by atoms with Crippen LogP contribution in [0.2, 0.25) is 5.02 Å². The molecule has 3 aromatic rings. The van der Waals surface area contributed by atoms with E-state index in [1.54, 1.807) is 23.0 Å². The largest absolute Gasteiger partial charge is 0.496 e. The first kappa shape index (κ1) is 37.1. The maximum absolute atomic E-state index is 14.7. The summed E-state index contributed by atoms with van der Waals surface area (Å²) in [5.41, 5.74) is 2.12. The molecule has 274 valence electrons. The highest BCUT2D eigenvalue weighted by Gasteiger charge is 2.40. The molecule has 51 heavy (non-hydrogen) atoms. The molecule has 3 aromatic carbocycles. The Kier molecular flexibility index (Phi) is 12.9. The normalized spacial score (nSPS) is 19.5. The molecule has 6 rings (SSSR count). The number of carbonyl (C=O) groups excluding carboxylic acids is 3. The predicted octanol–water partition coefficient (Wildman–Crippen LogP) is 8.54. The van der Waals surface area contributed by atoms with Crippen LogP contribution in [0.25, 0.3) is 10.8 Å². The fourth-order valence-corrected chi connectivity index (χ4v) is 8.63. The zero-order valence-electron chi connectivity index (χ0n) is 30.3. The number of fused-ring (bicyclic) bond motifs is 1. The second-order valence-electron chi connectivity index (χ2n) is 14.7. The van der Waals surface area contributed by atoms with Gasteiger partial charge in [0.25, 0.3) is 0 Å². The topological polar surface area (TPSA) is 88.2 Å². The lowest BCUT2D eigenvalue weighted by molar-refractivity contribution is -0.145. The summed E-state index contributed by atoms with van der Waals surface area (Å²) in [6, 6.07) is 16.6. The Labute approximate surface area is 308 Å². The van der Waals surface area contributed by atoms with E-state index in [1.807, 2.05) is 42.5 Å². The van der Waals surface area contributed by atoms with Crippen molar-refractivity contribution < 1.29 is 23.9 Å². The van der Waals surface area contributed by atoms with E-state index in [0.29, 0.717) is 23.4 Å². The van der Waals surface area contributed by atoms with Crippen LogP contribution in [0.3, 0.4) is 0 Å². The molecule has 2 aliphatic carbocycles. The van der Waals surface area contributed by atoms with Gasteiger partial charge in [-0.05, 0) is 66.7 Å². The number of piperazine rings is 1. The molecular weight excluding hydrogens is 662 g/mol. The van der Waals surface area contributed by atoms with Gasteiger partial charge in [0.2, 0.25) is 5.91 Å². The van der Waals surface area contributed by atoms with Gasteiger partial charge in [-0.25, -0.2) is 4.79 Å². The van der Waals surface area contributed by atoms with Crippen molar-refractivity contribution in [3.8, 4) is 11.5 Å². The number of benzene rings is 3. The Bertz CT molecular complexity index is 1650. The Balaban J connectivity index is 1.22. The van der Waals surface area contributed by atoms with Gasteiger partial charge in [-0.2, -0.15) is 0 Å². The van der Waals surface area contributed by atoms with Gasteiger partial charge in [0, 0.05) is 30.9 Å². The number of nitrogens with zero attached hydrogens (tertiary/aromatic N) is 2. The molecule has 2 amide bonds. The second-order valence-corrected chi connectivity index (χ2v) is 15.1. The summed E-state index contributed by atoms with van der Waals surface area (Å²) in [5.74, 6) is 1.52. The number of nitrogens with one attached hydrogen (secondary N) is 1. The molecule has 2 saturated carbocycles. The maximum atomic E-state index is 14.7. The van der Waals surface area contributed by atoms with Crippen molar-refractivity contribution in [1.82, 2.24) is 15.1 Å². The van der Waals surface area contributed by atoms with Crippen LogP contribution < -0.4 is 14.8 Å². The first-order valence-electron chi connectivity index (χ1n) is 19.2. The van der Waals surface area contributed by atoms with E-state index in [0.717, 1.165) is 66.2 Å². The van der Waals surface area contributed by atoms with E-state index in [2.05, 4.69) is 18.3 Å². The molecule has 0 aromatic heterocycles. The Morgan fingerprint density at radius 1 is 0.902 bits per heavy atom. The summed E-state index contributed by atoms with van der Waals surface area (Å²) >= 11 is 6.68. The number of aryl methyl sites for hydroxylation is 2. The van der Waals surface area contributed by atoms with Crippen LogP contribution in [0.4, 0.5) is 4.79 Å². The van der Waals surface area contributed by atoms with E-state index < -0.39 is 12.1 Å². The summed E-state index contributed by atoms with van der Waals surface area (Å²) < 4.78 is 11.5. The molecule has 0 spiro atoms. The zero-order valence-corrected chi connectivity index (χ0v) is 31.1. The number of ether oxygens (including phenoxy) is 2. The van der Waals surface area contributed by atoms with Gasteiger partial charge in [0.1, 0.15) is 11.8 Å². The van der Waals surface area contributed by atoms with E-state index >= 15 is 0 Å². The van der Waals surface area contributed by atoms with Gasteiger partial charge in [-0.1, -0.05) is 112 Å². The van der Waals surface area contributed by atoms with Crippen molar-refractivity contribution in [1.29, 1.82) is 0 Å². The van der Waals surface area contributed by atoms with Crippen LogP contribution in [-0.2, 0) is 22.4 Å². The average Bonchev–Trinajstić information content (AvgIpc) is 3.18. The van der Waals surface area contributed by atoms with E-state index in [4.69, 9.17) is 21.1 Å². The van der Waals surface area contributed by atoms with Gasteiger partial charge in [-0.3, -0.25) is 9.59 Å². The summed E-state index contributed by atoms with van der Waals surface area (Å²) in [7, 11) is 1.67. The minimum atomic E-state index is -0.773. The van der Waals surface area contributed by atoms with Gasteiger partial charge in [-0.15, -0.1) is 0 Å². The van der Waals surface area contributed by atoms with Crippen LogP contribution in [0.5, 0.6) is 11.5 Å². The highest BCUT2D eigenvalue weighted by atomic mass is 35.5. The van der Waals surface area contributed by atoms with Crippen molar-refractivity contribution in [3.63, 3.8) is 0 Å². The number of methoxy groups -OCH3 is 1. The number of carbonyl (C=O) groups is 3. The fourth-order valence-electron chi connectivity index (χ4n) is 8.36. The van der Waals surface area contributed by atoms with Crippen LogP contribution in [0.15, 0.2) is 54.6 Å². The molecule has 1 saturated heterocycles. The van der Waals surface area contributed by atoms with Crippen LogP contribution in [0.1, 0.15) is 95.1 Å². The van der Waals surface area contributed by atoms with Crippen molar-refractivity contribution in [2.24, 2.45) is 5.92 Å². The predicted molar refractivity (Wildman–Crippen MR) is 203 cm³/mol. The maximum Gasteiger partial charge on any atom is 0.415 e. The summed E-state index contributed by atoms with van der Waals surface area (Å²) in [5, 5.41) is 5.91. The SMILES string of the molecule is CCc1ccc(CCC(=O)[C@@H]2CN(C(=O)Oc3ccc4ccccc4c3Cl)CCN2C(=O)[C@@H](CC2CCCCC2)NC2CCCCC2)cc1OC. The average molecular weight is 716 g/mol. The summed E-state index contributed by atoms with van der Waals surface area (Å²) in [6.07, 6.45) is 13.6. The smallest absolute Gasteiger partial charge is 0.415 e. The van der Waals surface area contributed by atoms with Crippen molar-refractivity contribution >= 4 is 40.2 Å². The molecule has 1 N–H and O–H groups in total. The van der Waals surface area contributed by atoms with Gasteiger partial charge in [0.05, 0.1) is 24.7 Å². The van der Waals surface area contributed by atoms with Gasteiger partial charge in [0.15, 0.2) is 11.5 Å². The molecule has 2 atom stereocenters. The minimum Gasteiger partial charge on any atom is -0.496 e. The molecule has 0 unspecified atom stereocenters. The highest BCUT2D eigenvalue weighted by Crippen LogP contribution is 2.34. The van der Waals surface area contributed by atoms with Crippen molar-refractivity contribution in [2.75, 3.05) is 26.7 Å². The molecule has 9 heteroatoms. The van der Waals surface area contributed by atoms with Crippen molar-refractivity contribution in [2.45, 2.75) is 115 Å². The number of rotatable bonds is 12. The monoisotopic (exact) mass is 715 g/mol. The standard InChI is InChI=1S/C42H54ClN3O5/c1-3-31-20-18-30(27-39(31)50-2)19-22-37(47)36-28-45(42(49)51-38-23-21-32-14-10-11-17-34(32)40(38)43)24-25-46(36)41(48)35(26-29-12-6-4-7-13-29)44-33-15-8-5-9-16-33/h10-11,14,17-18,20-21,23,27,29,33,35-36,44H,3-9,12-13,15-16,19,22,24-26,28H2,1-2H3/t35-,36+/m1/s1. The lowest BCUT2D eigenvalue weighted by Gasteiger charge is -2.42. The number of hydrogen-bond acceptors (Lipinski definition) is 6. The van der Waals surface area contributed by atoms with Gasteiger partial charge < -0.3 is 24.6 Å². The van der Waals surface area contributed by atoms with Crippen molar-refractivity contribution in [3.05, 3.63) is 70.7 Å². The molecule has 0 radical (unpaired) electrons. The first-order chi connectivity index (χ1) is 24.8. The third kappa shape index (κ3) is 9.25. The van der Waals surface area contributed by atoms with Gasteiger partial charge >= 0.3 is 6.09 Å². The molecule has 1 aliphatic heterocycles. The first-order valence-corrected chi connectivity index (χ1v) is 19.6. The van der Waals surface area contributed by atoms with E-state index in [-0.39, 0.29) is 49.5 Å². The fraction of sp³-hybridized carbons (Fsp3) is 0.548. The Morgan fingerprint density at radius 2 is 1.65 bits per heavy atom. The Hall–Kier alpha value is -3.62. The third-order valence-corrected chi connectivity index (χ3v) is 11.7. The van der Waals surface area contributed by atoms with E-state index in [9.17, 15) is 14.4 Å². The molecule has 1 heterocycles. The molecule has 3 aliphatic rings. The second kappa shape index (κ2) is 17.7. The Morgan fingerprint density at radius 3 is 2.39 bits per heavy atom. The summed E-state index contributed by atoms with van der Waals surface area (Å²) in [6.45, 7) is 2.70. The molecular formula is C42H54ClN3O5. The third-order valence-electron chi connectivity index (χ3n) is 11.3. The van der Waals surface area contributed by atoms with Crippen LogP contribution >= 0.6 is 11.6 Å². The highest BCUT2D eigenvalue weighted by molar-refractivity contribution is 6.37. The molecule has 8 nitrogen and oxygen atoms in total. The lowest BCUT2D eigenvalue weighted by atomic mass is 9.83. The summed E-state index contributed by atoms with van der Waals surface area (Å²) in [4.78, 5) is 45.9. The molecule has 3 fully saturated rings.